The second-order valence-corrected chi connectivity index (χ2v) is 5.88. The molecular formula is C15H21N5O2S. The zero-order chi connectivity index (χ0) is 16.7. The standard InChI is InChI=1S/C15H21N5O2S/c1-4-11(3)16-14(21)10-23-15-17-18-19-20(15)12-8-6-7-9-13(12)22-5-2/h6-9,11H,4-5,10H2,1-3H3,(H,16,21). The molecule has 0 aliphatic heterocycles. The van der Waals surface area contributed by atoms with Gasteiger partial charge in [0.05, 0.1) is 12.4 Å². The fourth-order valence-corrected chi connectivity index (χ4v) is 2.57. The van der Waals surface area contributed by atoms with Crippen LogP contribution in [-0.4, -0.2) is 44.5 Å². The quantitative estimate of drug-likeness (QED) is 0.744. The van der Waals surface area contributed by atoms with Crippen molar-refractivity contribution in [2.24, 2.45) is 0 Å². The van der Waals surface area contributed by atoms with E-state index in [9.17, 15) is 4.79 Å². The lowest BCUT2D eigenvalue weighted by Gasteiger charge is -2.12. The van der Waals surface area contributed by atoms with E-state index in [0.29, 0.717) is 17.5 Å². The number of nitrogens with one attached hydrogen (secondary N) is 1. The molecule has 0 saturated carbocycles. The summed E-state index contributed by atoms with van der Waals surface area (Å²) < 4.78 is 7.19. The van der Waals surface area contributed by atoms with Crippen LogP contribution in [0.3, 0.4) is 0 Å². The van der Waals surface area contributed by atoms with Crippen molar-refractivity contribution in [3.63, 3.8) is 0 Å². The number of para-hydroxylation sites is 2. The molecule has 1 unspecified atom stereocenters. The van der Waals surface area contributed by atoms with Gasteiger partial charge in [-0.3, -0.25) is 4.79 Å². The first kappa shape index (κ1) is 17.3. The SMILES string of the molecule is CCOc1ccccc1-n1nnnc1SCC(=O)NC(C)CC. The summed E-state index contributed by atoms with van der Waals surface area (Å²) in [7, 11) is 0. The van der Waals surface area contributed by atoms with E-state index in [0.717, 1.165) is 12.1 Å². The van der Waals surface area contributed by atoms with Gasteiger partial charge in [-0.15, -0.1) is 5.10 Å². The van der Waals surface area contributed by atoms with Gasteiger partial charge in [0.15, 0.2) is 0 Å². The van der Waals surface area contributed by atoms with Gasteiger partial charge in [0.25, 0.3) is 0 Å². The summed E-state index contributed by atoms with van der Waals surface area (Å²) in [5.41, 5.74) is 0.754. The number of hydrogen-bond donors (Lipinski definition) is 1. The highest BCUT2D eigenvalue weighted by molar-refractivity contribution is 7.99. The third-order valence-electron chi connectivity index (χ3n) is 3.19. The lowest BCUT2D eigenvalue weighted by atomic mass is 10.3. The van der Waals surface area contributed by atoms with Gasteiger partial charge in [0.1, 0.15) is 11.4 Å². The summed E-state index contributed by atoms with van der Waals surface area (Å²) in [5.74, 6) is 0.937. The predicted molar refractivity (Wildman–Crippen MR) is 88.9 cm³/mol. The number of rotatable bonds is 8. The number of amides is 1. The summed E-state index contributed by atoms with van der Waals surface area (Å²) in [5, 5.41) is 15.2. The fourth-order valence-electron chi connectivity index (χ4n) is 1.88. The number of carbonyl (C=O) groups excluding carboxylic acids is 1. The number of carbonyl (C=O) groups is 1. The molecule has 1 aromatic heterocycles. The van der Waals surface area contributed by atoms with Crippen molar-refractivity contribution in [1.29, 1.82) is 0 Å². The molecule has 2 rings (SSSR count). The highest BCUT2D eigenvalue weighted by Crippen LogP contribution is 2.25. The minimum Gasteiger partial charge on any atom is -0.492 e. The van der Waals surface area contributed by atoms with Crippen molar-refractivity contribution >= 4 is 17.7 Å². The molecule has 0 radical (unpaired) electrons. The van der Waals surface area contributed by atoms with Crippen LogP contribution in [0.2, 0.25) is 0 Å². The summed E-state index contributed by atoms with van der Waals surface area (Å²) >= 11 is 1.30. The zero-order valence-corrected chi connectivity index (χ0v) is 14.3. The Morgan fingerprint density at radius 1 is 1.39 bits per heavy atom. The molecule has 0 saturated heterocycles. The molecule has 7 nitrogen and oxygen atoms in total. The Balaban J connectivity index is 2.10. The third-order valence-corrected chi connectivity index (χ3v) is 4.11. The number of hydrogen-bond acceptors (Lipinski definition) is 6. The molecule has 8 heteroatoms. The number of ether oxygens (including phenoxy) is 1. The van der Waals surface area contributed by atoms with Crippen LogP contribution in [0.25, 0.3) is 5.69 Å². The predicted octanol–water partition coefficient (Wildman–Crippen LogP) is 2.07. The Labute approximate surface area is 139 Å². The molecule has 0 aliphatic carbocycles. The van der Waals surface area contributed by atoms with Crippen molar-refractivity contribution in [1.82, 2.24) is 25.5 Å². The summed E-state index contributed by atoms with van der Waals surface area (Å²) in [6.07, 6.45) is 0.899. The Kier molecular flexibility index (Phi) is 6.40. The molecule has 0 fully saturated rings. The van der Waals surface area contributed by atoms with Crippen molar-refractivity contribution < 1.29 is 9.53 Å². The first-order valence-electron chi connectivity index (χ1n) is 7.58. The van der Waals surface area contributed by atoms with Crippen LogP contribution in [0, 0.1) is 0 Å². The van der Waals surface area contributed by atoms with Crippen molar-refractivity contribution in [2.45, 2.75) is 38.4 Å². The molecule has 0 bridgehead atoms. The van der Waals surface area contributed by atoms with Gasteiger partial charge < -0.3 is 10.1 Å². The Morgan fingerprint density at radius 2 is 2.17 bits per heavy atom. The van der Waals surface area contributed by atoms with E-state index in [2.05, 4.69) is 20.8 Å². The van der Waals surface area contributed by atoms with Crippen LogP contribution < -0.4 is 10.1 Å². The van der Waals surface area contributed by atoms with Crippen LogP contribution >= 0.6 is 11.8 Å². The maximum Gasteiger partial charge on any atom is 0.230 e. The minimum atomic E-state index is -0.0306. The first-order valence-corrected chi connectivity index (χ1v) is 8.57. The molecule has 1 heterocycles. The fraction of sp³-hybridized carbons (Fsp3) is 0.467. The van der Waals surface area contributed by atoms with E-state index in [4.69, 9.17) is 4.74 Å². The Hall–Kier alpha value is -2.09. The molecule has 23 heavy (non-hydrogen) atoms. The highest BCUT2D eigenvalue weighted by atomic mass is 32.2. The zero-order valence-electron chi connectivity index (χ0n) is 13.5. The van der Waals surface area contributed by atoms with Crippen LogP contribution in [-0.2, 0) is 4.79 Å². The molecule has 1 amide bonds. The maximum absolute atomic E-state index is 11.9. The van der Waals surface area contributed by atoms with E-state index in [1.54, 1.807) is 4.68 Å². The van der Waals surface area contributed by atoms with Gasteiger partial charge in [-0.05, 0) is 42.8 Å². The Bertz CT molecular complexity index is 646. The molecule has 124 valence electrons. The largest absolute Gasteiger partial charge is 0.492 e. The van der Waals surface area contributed by atoms with E-state index >= 15 is 0 Å². The van der Waals surface area contributed by atoms with E-state index in [-0.39, 0.29) is 17.7 Å². The van der Waals surface area contributed by atoms with Crippen LogP contribution in [0.4, 0.5) is 0 Å². The second kappa shape index (κ2) is 8.52. The number of benzene rings is 1. The van der Waals surface area contributed by atoms with Gasteiger partial charge in [0, 0.05) is 6.04 Å². The van der Waals surface area contributed by atoms with Crippen LogP contribution in [0.1, 0.15) is 27.2 Å². The molecular weight excluding hydrogens is 314 g/mol. The van der Waals surface area contributed by atoms with Gasteiger partial charge in [-0.25, -0.2) is 0 Å². The molecule has 2 aromatic rings. The normalized spacial score (nSPS) is 12.0. The van der Waals surface area contributed by atoms with E-state index < -0.39 is 0 Å². The first-order chi connectivity index (χ1) is 11.2. The summed E-state index contributed by atoms with van der Waals surface area (Å²) in [4.78, 5) is 11.9. The van der Waals surface area contributed by atoms with Crippen LogP contribution in [0.5, 0.6) is 5.75 Å². The number of aromatic nitrogens is 4. The average molecular weight is 335 g/mol. The molecule has 0 aliphatic rings. The molecule has 1 atom stereocenters. The van der Waals surface area contributed by atoms with Gasteiger partial charge in [-0.1, -0.05) is 30.8 Å². The minimum absolute atomic E-state index is 0.0306. The van der Waals surface area contributed by atoms with Crippen molar-refractivity contribution in [3.8, 4) is 11.4 Å². The number of nitrogens with zero attached hydrogens (tertiary/aromatic N) is 4. The van der Waals surface area contributed by atoms with Gasteiger partial charge in [0.2, 0.25) is 11.1 Å². The third kappa shape index (κ3) is 4.69. The van der Waals surface area contributed by atoms with Gasteiger partial charge >= 0.3 is 0 Å². The molecule has 1 N–H and O–H groups in total. The van der Waals surface area contributed by atoms with E-state index in [1.807, 2.05) is 45.0 Å². The lowest BCUT2D eigenvalue weighted by Crippen LogP contribution is -2.33. The smallest absolute Gasteiger partial charge is 0.230 e. The lowest BCUT2D eigenvalue weighted by molar-refractivity contribution is -0.119. The monoisotopic (exact) mass is 335 g/mol. The number of thioether (sulfide) groups is 1. The highest BCUT2D eigenvalue weighted by Gasteiger charge is 2.15. The molecule has 0 spiro atoms. The van der Waals surface area contributed by atoms with Crippen molar-refractivity contribution in [3.05, 3.63) is 24.3 Å². The Morgan fingerprint density at radius 3 is 2.91 bits per heavy atom. The van der Waals surface area contributed by atoms with Crippen molar-refractivity contribution in [2.75, 3.05) is 12.4 Å². The summed E-state index contributed by atoms with van der Waals surface area (Å²) in [6, 6.07) is 7.70. The second-order valence-electron chi connectivity index (χ2n) is 4.94. The topological polar surface area (TPSA) is 81.9 Å². The summed E-state index contributed by atoms with van der Waals surface area (Å²) in [6.45, 7) is 6.48. The maximum atomic E-state index is 11.9. The average Bonchev–Trinajstić information content (AvgIpc) is 3.02. The van der Waals surface area contributed by atoms with Gasteiger partial charge in [-0.2, -0.15) is 4.68 Å². The van der Waals surface area contributed by atoms with E-state index in [1.165, 1.54) is 11.8 Å². The molecule has 1 aromatic carbocycles. The van der Waals surface area contributed by atoms with Crippen LogP contribution in [0.15, 0.2) is 29.4 Å². The number of tetrazole rings is 1.